The first-order valence-electron chi connectivity index (χ1n) is 10.3. The van der Waals surface area contributed by atoms with Gasteiger partial charge in [0.1, 0.15) is 5.70 Å². The molecule has 0 unspecified atom stereocenters. The minimum absolute atomic E-state index is 0.177. The molecule has 5 heteroatoms. The van der Waals surface area contributed by atoms with Crippen LogP contribution in [0.25, 0.3) is 5.57 Å². The Labute approximate surface area is 173 Å². The molecule has 1 aliphatic rings. The first-order valence-corrected chi connectivity index (χ1v) is 10.3. The van der Waals surface area contributed by atoms with Crippen LogP contribution in [-0.2, 0) is 16.0 Å². The van der Waals surface area contributed by atoms with Gasteiger partial charge in [0.2, 0.25) is 0 Å². The van der Waals surface area contributed by atoms with Crippen LogP contribution in [0.2, 0.25) is 0 Å². The molecule has 1 aliphatic heterocycles. The summed E-state index contributed by atoms with van der Waals surface area (Å²) in [6, 6.07) is 10.0. The van der Waals surface area contributed by atoms with E-state index in [4.69, 9.17) is 0 Å². The lowest BCUT2D eigenvalue weighted by Crippen LogP contribution is -2.36. The van der Waals surface area contributed by atoms with Crippen molar-refractivity contribution in [3.05, 3.63) is 70.7 Å². The smallest absolute Gasteiger partial charge is 0.277 e. The third-order valence-electron chi connectivity index (χ3n) is 5.36. The molecule has 5 nitrogen and oxygen atoms in total. The van der Waals surface area contributed by atoms with Gasteiger partial charge in [0.15, 0.2) is 0 Å². The Morgan fingerprint density at radius 1 is 1.00 bits per heavy atom. The maximum Gasteiger partial charge on any atom is 0.277 e. The highest BCUT2D eigenvalue weighted by Gasteiger charge is 2.41. The molecule has 0 saturated heterocycles. The summed E-state index contributed by atoms with van der Waals surface area (Å²) in [6.45, 7) is 9.81. The molecule has 0 aliphatic carbocycles. The van der Waals surface area contributed by atoms with Gasteiger partial charge in [-0.15, -0.1) is 0 Å². The van der Waals surface area contributed by atoms with E-state index in [9.17, 15) is 9.59 Å². The third-order valence-corrected chi connectivity index (χ3v) is 5.36. The Hall–Kier alpha value is -2.95. The van der Waals surface area contributed by atoms with Gasteiger partial charge in [-0.25, -0.2) is 0 Å². The molecule has 2 aromatic rings. The zero-order valence-electron chi connectivity index (χ0n) is 17.7. The summed E-state index contributed by atoms with van der Waals surface area (Å²) < 4.78 is 0. The number of pyridine rings is 1. The summed E-state index contributed by atoms with van der Waals surface area (Å²) in [4.78, 5) is 34.0. The van der Waals surface area contributed by atoms with Crippen molar-refractivity contribution in [3.8, 4) is 0 Å². The molecular weight excluding hydrogens is 362 g/mol. The highest BCUT2D eigenvalue weighted by Crippen LogP contribution is 2.33. The number of benzene rings is 1. The van der Waals surface area contributed by atoms with Gasteiger partial charge in [-0.05, 0) is 62.4 Å². The van der Waals surface area contributed by atoms with Crippen LogP contribution in [0.15, 0.2) is 48.4 Å². The maximum absolute atomic E-state index is 13.3. The van der Waals surface area contributed by atoms with Crippen molar-refractivity contribution >= 4 is 17.4 Å². The van der Waals surface area contributed by atoms with Crippen LogP contribution in [-0.4, -0.2) is 46.2 Å². The first-order chi connectivity index (χ1) is 14.0. The second kappa shape index (κ2) is 9.03. The second-order valence-electron chi connectivity index (χ2n) is 7.49. The largest absolute Gasteiger partial charge is 0.366 e. The van der Waals surface area contributed by atoms with Crippen molar-refractivity contribution in [2.75, 3.05) is 19.6 Å². The van der Waals surface area contributed by atoms with E-state index in [1.165, 1.54) is 4.90 Å². The van der Waals surface area contributed by atoms with Gasteiger partial charge in [0.05, 0.1) is 5.57 Å². The summed E-state index contributed by atoms with van der Waals surface area (Å²) >= 11 is 0. The Bertz CT molecular complexity index is 934. The summed E-state index contributed by atoms with van der Waals surface area (Å²) in [7, 11) is 0. The second-order valence-corrected chi connectivity index (χ2v) is 7.49. The lowest BCUT2D eigenvalue weighted by Gasteiger charge is -2.25. The van der Waals surface area contributed by atoms with Crippen LogP contribution in [0, 0.1) is 13.8 Å². The van der Waals surface area contributed by atoms with Crippen LogP contribution < -0.4 is 0 Å². The van der Waals surface area contributed by atoms with Crippen molar-refractivity contribution in [2.45, 2.75) is 40.5 Å². The molecule has 0 saturated carbocycles. The summed E-state index contributed by atoms with van der Waals surface area (Å²) in [5, 5.41) is 0. The molecule has 2 heterocycles. The molecule has 0 fully saturated rings. The van der Waals surface area contributed by atoms with Gasteiger partial charge in [0.25, 0.3) is 11.8 Å². The Balaban J connectivity index is 2.03. The molecule has 2 amide bonds. The van der Waals surface area contributed by atoms with E-state index in [1.807, 2.05) is 56.9 Å². The predicted molar refractivity (Wildman–Crippen MR) is 115 cm³/mol. The number of carbonyl (C=O) groups excluding carboxylic acids is 2. The van der Waals surface area contributed by atoms with Gasteiger partial charge in [-0.2, -0.15) is 0 Å². The summed E-state index contributed by atoms with van der Waals surface area (Å²) in [5.41, 5.74) is 5.24. The van der Waals surface area contributed by atoms with Crippen molar-refractivity contribution in [3.63, 3.8) is 0 Å². The number of aryl methyl sites for hydroxylation is 2. The summed E-state index contributed by atoms with van der Waals surface area (Å²) in [5.74, 6) is -0.357. The number of imide groups is 1. The topological polar surface area (TPSA) is 53.5 Å². The average molecular weight is 392 g/mol. The SMILES string of the molecule is CCCN1C(=O)C(c2ccc(C)cc2C)=C(N(CC)CCc2ccncc2)C1=O. The third kappa shape index (κ3) is 4.24. The first kappa shape index (κ1) is 20.8. The number of nitrogens with zero attached hydrogens (tertiary/aromatic N) is 3. The fraction of sp³-hybridized carbons (Fsp3) is 0.375. The number of aromatic nitrogens is 1. The van der Waals surface area contributed by atoms with E-state index in [1.54, 1.807) is 12.4 Å². The molecule has 1 aromatic heterocycles. The molecular formula is C24H29N3O2. The Kier molecular flexibility index (Phi) is 6.47. The number of hydrogen-bond acceptors (Lipinski definition) is 4. The lowest BCUT2D eigenvalue weighted by molar-refractivity contribution is -0.137. The van der Waals surface area contributed by atoms with Gasteiger partial charge in [0, 0.05) is 32.0 Å². The van der Waals surface area contributed by atoms with Crippen LogP contribution in [0.3, 0.4) is 0 Å². The molecule has 1 aromatic carbocycles. The highest BCUT2D eigenvalue weighted by molar-refractivity contribution is 6.35. The van der Waals surface area contributed by atoms with Crippen molar-refractivity contribution in [2.24, 2.45) is 0 Å². The van der Waals surface area contributed by atoms with Crippen molar-refractivity contribution in [1.82, 2.24) is 14.8 Å². The predicted octanol–water partition coefficient (Wildman–Crippen LogP) is 3.75. The molecule has 0 radical (unpaired) electrons. The standard InChI is InChI=1S/C24H29N3O2/c1-5-14-27-23(28)21(20-8-7-17(3)16-18(20)4)22(24(27)29)26(6-2)15-11-19-9-12-25-13-10-19/h7-10,12-13,16H,5-6,11,14-15H2,1-4H3. The molecule has 0 bridgehead atoms. The molecule has 29 heavy (non-hydrogen) atoms. The molecule has 0 atom stereocenters. The van der Waals surface area contributed by atoms with Gasteiger partial charge >= 0.3 is 0 Å². The van der Waals surface area contributed by atoms with Crippen LogP contribution >= 0.6 is 0 Å². The van der Waals surface area contributed by atoms with Crippen molar-refractivity contribution in [1.29, 1.82) is 0 Å². The minimum atomic E-state index is -0.179. The average Bonchev–Trinajstić information content (AvgIpc) is 2.95. The molecule has 0 spiro atoms. The molecule has 0 N–H and O–H groups in total. The Morgan fingerprint density at radius 3 is 2.34 bits per heavy atom. The van der Waals surface area contributed by atoms with Gasteiger partial charge in [-0.3, -0.25) is 19.5 Å². The lowest BCUT2D eigenvalue weighted by atomic mass is 9.97. The zero-order chi connectivity index (χ0) is 21.0. The number of amides is 2. The van der Waals surface area contributed by atoms with E-state index in [-0.39, 0.29) is 11.8 Å². The maximum atomic E-state index is 13.3. The van der Waals surface area contributed by atoms with E-state index in [0.717, 1.165) is 35.1 Å². The normalized spacial score (nSPS) is 14.1. The van der Waals surface area contributed by atoms with E-state index in [0.29, 0.717) is 30.9 Å². The quantitative estimate of drug-likeness (QED) is 0.643. The highest BCUT2D eigenvalue weighted by atomic mass is 16.2. The fourth-order valence-electron chi connectivity index (χ4n) is 3.86. The van der Waals surface area contributed by atoms with Crippen LogP contribution in [0.1, 0.15) is 42.5 Å². The van der Waals surface area contributed by atoms with E-state index < -0.39 is 0 Å². The summed E-state index contributed by atoms with van der Waals surface area (Å²) in [6.07, 6.45) is 5.09. The zero-order valence-corrected chi connectivity index (χ0v) is 17.7. The van der Waals surface area contributed by atoms with Gasteiger partial charge < -0.3 is 4.90 Å². The fourth-order valence-corrected chi connectivity index (χ4v) is 3.86. The van der Waals surface area contributed by atoms with E-state index >= 15 is 0 Å². The van der Waals surface area contributed by atoms with E-state index in [2.05, 4.69) is 11.1 Å². The minimum Gasteiger partial charge on any atom is -0.366 e. The van der Waals surface area contributed by atoms with Crippen LogP contribution in [0.5, 0.6) is 0 Å². The number of likely N-dealkylation sites (N-methyl/N-ethyl adjacent to an activating group) is 1. The van der Waals surface area contributed by atoms with Crippen molar-refractivity contribution < 1.29 is 9.59 Å². The van der Waals surface area contributed by atoms with Crippen LogP contribution in [0.4, 0.5) is 0 Å². The Morgan fingerprint density at radius 2 is 1.72 bits per heavy atom. The number of rotatable bonds is 8. The molecule has 152 valence electrons. The molecule has 3 rings (SSSR count). The van der Waals surface area contributed by atoms with Gasteiger partial charge in [-0.1, -0.05) is 30.7 Å². The number of carbonyl (C=O) groups is 2. The number of hydrogen-bond donors (Lipinski definition) is 0. The monoisotopic (exact) mass is 391 g/mol.